The van der Waals surface area contributed by atoms with Gasteiger partial charge in [-0.1, -0.05) is 6.92 Å². The lowest BCUT2D eigenvalue weighted by Gasteiger charge is -2.35. The van der Waals surface area contributed by atoms with Crippen molar-refractivity contribution in [1.29, 1.82) is 0 Å². The van der Waals surface area contributed by atoms with Gasteiger partial charge in [-0.2, -0.15) is 47.9 Å². The number of hydrogen-bond acceptors (Lipinski definition) is 4. The van der Waals surface area contributed by atoms with Crippen LogP contribution in [0.5, 0.6) is 0 Å². The normalized spacial score (nSPS) is 15.8. The predicted molar refractivity (Wildman–Crippen MR) is 75.1 cm³/mol. The van der Waals surface area contributed by atoms with E-state index < -0.39 is 55.2 Å². The van der Waals surface area contributed by atoms with Gasteiger partial charge in [-0.15, -0.1) is 10.3 Å². The molecule has 0 bridgehead atoms. The van der Waals surface area contributed by atoms with Gasteiger partial charge >= 0.3 is 33.4 Å². The largest absolute Gasteiger partial charge is 0.460 e. The Morgan fingerprint density at radius 3 is 1.65 bits per heavy atom. The van der Waals surface area contributed by atoms with Gasteiger partial charge in [0.2, 0.25) is 0 Å². The first kappa shape index (κ1) is 25.3. The zero-order valence-electron chi connectivity index (χ0n) is 13.5. The average Bonchev–Trinajstić information content (AvgIpc) is 2.34. The molecule has 0 amide bonds. The van der Waals surface area contributed by atoms with Crippen LogP contribution >= 0.6 is 10.3 Å². The lowest BCUT2D eigenvalue weighted by atomic mass is 10.1. The topological polar surface area (TPSA) is 60.4 Å². The van der Waals surface area contributed by atoms with E-state index in [9.17, 15) is 52.7 Å². The third-order valence-electron chi connectivity index (χ3n) is 2.74. The summed E-state index contributed by atoms with van der Waals surface area (Å²) >= 11 is 0. The first-order chi connectivity index (χ1) is 11.2. The molecule has 0 unspecified atom stereocenters. The highest BCUT2D eigenvalue weighted by atomic mass is 32.3. The molecule has 0 saturated heterocycles. The summed E-state index contributed by atoms with van der Waals surface area (Å²) in [5.41, 5.74) is 0. The lowest BCUT2D eigenvalue weighted by Crippen LogP contribution is -2.63. The molecule has 0 aromatic heterocycles. The van der Waals surface area contributed by atoms with E-state index in [1.54, 1.807) is 0 Å². The van der Waals surface area contributed by atoms with Crippen molar-refractivity contribution >= 4 is 26.2 Å². The van der Waals surface area contributed by atoms with Gasteiger partial charge in [0, 0.05) is 6.42 Å². The smallest absolute Gasteiger partial charge is 0.299 e. The molecule has 0 aliphatic rings. The molecule has 0 heterocycles. The summed E-state index contributed by atoms with van der Waals surface area (Å²) in [6.45, 7) is 1.53. The Morgan fingerprint density at radius 1 is 0.885 bits per heavy atom. The predicted octanol–water partition coefficient (Wildman–Crippen LogP) is 4.11. The van der Waals surface area contributed by atoms with Crippen molar-refractivity contribution in [2.45, 2.75) is 43.0 Å². The van der Waals surface area contributed by atoms with Gasteiger partial charge in [-0.25, -0.2) is 3.63 Å². The van der Waals surface area contributed by atoms with Crippen LogP contribution in [0.25, 0.3) is 0 Å². The third-order valence-corrected chi connectivity index (χ3v) is 6.83. The van der Waals surface area contributed by atoms with E-state index in [2.05, 4.69) is 3.63 Å². The molecule has 0 atom stereocenters. The highest BCUT2D eigenvalue weighted by molar-refractivity contribution is 8.32. The third kappa shape index (κ3) is 4.77. The lowest BCUT2D eigenvalue weighted by molar-refractivity contribution is -0.382. The number of Topliss-reactive ketones (excluding diaryl/α,β-unsaturated/α-hetero) is 1. The van der Waals surface area contributed by atoms with Crippen molar-refractivity contribution in [2.24, 2.45) is 0 Å². The molecular formula is C11H15F9O4S2. The van der Waals surface area contributed by atoms with Crippen molar-refractivity contribution in [3.05, 3.63) is 0 Å². The van der Waals surface area contributed by atoms with Gasteiger partial charge in [0.25, 0.3) is 0 Å². The Balaban J connectivity index is 5.87. The minimum absolute atomic E-state index is 0.140. The fourth-order valence-electron chi connectivity index (χ4n) is 1.57. The Kier molecular flexibility index (Phi) is 7.17. The van der Waals surface area contributed by atoms with Crippen LogP contribution in [0.15, 0.2) is 0 Å². The fourth-order valence-corrected chi connectivity index (χ4v) is 5.40. The highest BCUT2D eigenvalue weighted by Gasteiger charge is 2.86. The second-order valence-electron chi connectivity index (χ2n) is 5.56. The minimum Gasteiger partial charge on any atom is -0.299 e. The Labute approximate surface area is 144 Å². The van der Waals surface area contributed by atoms with Gasteiger partial charge in [0.05, 0.1) is 5.75 Å². The van der Waals surface area contributed by atoms with E-state index in [1.165, 1.54) is 6.92 Å². The monoisotopic (exact) mass is 446 g/mol. The summed E-state index contributed by atoms with van der Waals surface area (Å²) in [6.07, 6.45) is -5.48. The van der Waals surface area contributed by atoms with Crippen LogP contribution in [0.3, 0.4) is 0 Å². The number of hydrogen-bond donors (Lipinski definition) is 0. The Morgan fingerprint density at radius 2 is 1.31 bits per heavy atom. The zero-order valence-corrected chi connectivity index (χ0v) is 15.1. The fraction of sp³-hybridized carbons (Fsp3) is 0.909. The maximum absolute atomic E-state index is 13.5. The Bertz CT molecular complexity index is 626. The summed E-state index contributed by atoms with van der Waals surface area (Å²) < 4.78 is 141. The molecule has 158 valence electrons. The molecule has 0 spiro atoms. The van der Waals surface area contributed by atoms with E-state index in [-0.39, 0.29) is 12.8 Å². The zero-order chi connectivity index (χ0) is 21.4. The number of alkyl halides is 9. The summed E-state index contributed by atoms with van der Waals surface area (Å²) in [7, 11) is -10.3. The summed E-state index contributed by atoms with van der Waals surface area (Å²) in [4.78, 5) is 11.4. The molecule has 0 radical (unpaired) electrons. The van der Waals surface area contributed by atoms with Crippen molar-refractivity contribution in [1.82, 2.24) is 0 Å². The first-order valence-corrected chi connectivity index (χ1v) is 10.5. The van der Waals surface area contributed by atoms with Crippen molar-refractivity contribution < 1.29 is 56.4 Å². The number of carbonyl (C=O) groups is 1. The molecule has 0 rings (SSSR count). The average molecular weight is 446 g/mol. The van der Waals surface area contributed by atoms with Crippen LogP contribution in [0, 0.1) is 0 Å². The molecule has 0 aromatic rings. The summed E-state index contributed by atoms with van der Waals surface area (Å²) in [5.74, 6) is -16.2. The van der Waals surface area contributed by atoms with Crippen LogP contribution in [-0.2, 0) is 18.5 Å². The van der Waals surface area contributed by atoms with Crippen LogP contribution in [0.2, 0.25) is 0 Å². The van der Waals surface area contributed by atoms with E-state index in [0.717, 1.165) is 12.5 Å². The Hall–Kier alpha value is -0.700. The molecule has 0 aromatic carbocycles. The SMILES string of the molecule is CCCC(=O)CS(C)(C)OS(=O)(=O)C(F)(F)C(F)(F)C(F)(F)C(F)(F)F. The van der Waals surface area contributed by atoms with Gasteiger partial charge in [0.15, 0.2) is 0 Å². The quantitative estimate of drug-likeness (QED) is 0.501. The van der Waals surface area contributed by atoms with Crippen molar-refractivity contribution in [3.63, 3.8) is 0 Å². The van der Waals surface area contributed by atoms with Crippen LogP contribution in [0.1, 0.15) is 19.8 Å². The standard InChI is InChI=1S/C11H15F9O4S2/c1-4-5-7(21)6-25(2,3)24-26(22,23)11(19,20)9(14,15)8(12,13)10(16,17)18/h4-6H2,1-3H3. The molecule has 4 nitrogen and oxygen atoms in total. The number of halogens is 9. The molecule has 26 heavy (non-hydrogen) atoms. The van der Waals surface area contributed by atoms with Gasteiger partial charge in [-0.05, 0) is 18.9 Å². The molecule has 0 saturated carbocycles. The minimum atomic E-state index is -7.36. The molecule has 0 N–H and O–H groups in total. The summed E-state index contributed by atoms with van der Waals surface area (Å²) in [5, 5.41) is -6.92. The van der Waals surface area contributed by atoms with Gasteiger partial charge in [-0.3, -0.25) is 4.79 Å². The summed E-state index contributed by atoms with van der Waals surface area (Å²) in [6, 6.07) is 0. The molecular weight excluding hydrogens is 431 g/mol. The van der Waals surface area contributed by atoms with Gasteiger partial charge < -0.3 is 0 Å². The second kappa shape index (κ2) is 7.37. The van der Waals surface area contributed by atoms with E-state index in [4.69, 9.17) is 0 Å². The first-order valence-electron chi connectivity index (χ1n) is 6.55. The van der Waals surface area contributed by atoms with E-state index in [0.29, 0.717) is 0 Å². The maximum Gasteiger partial charge on any atom is 0.460 e. The molecule has 0 aliphatic heterocycles. The molecule has 15 heteroatoms. The van der Waals surface area contributed by atoms with Crippen molar-refractivity contribution in [3.8, 4) is 0 Å². The number of rotatable bonds is 9. The van der Waals surface area contributed by atoms with Crippen LogP contribution in [-0.4, -0.2) is 55.7 Å². The van der Waals surface area contributed by atoms with Crippen LogP contribution in [0.4, 0.5) is 39.5 Å². The number of carbonyl (C=O) groups excluding carboxylic acids is 1. The molecule has 0 fully saturated rings. The van der Waals surface area contributed by atoms with Gasteiger partial charge in [0.1, 0.15) is 5.78 Å². The van der Waals surface area contributed by atoms with E-state index >= 15 is 0 Å². The molecule has 0 aliphatic carbocycles. The van der Waals surface area contributed by atoms with Crippen molar-refractivity contribution in [2.75, 3.05) is 18.3 Å². The maximum atomic E-state index is 13.5. The van der Waals surface area contributed by atoms with Crippen LogP contribution < -0.4 is 0 Å². The number of ketones is 1. The van der Waals surface area contributed by atoms with E-state index in [1.807, 2.05) is 0 Å². The highest BCUT2D eigenvalue weighted by Crippen LogP contribution is 2.57. The second-order valence-corrected chi connectivity index (χ2v) is 10.7.